The average molecular weight is 378 g/mol. The number of amides is 3. The molecule has 9 heteroatoms. The average Bonchev–Trinajstić information content (AvgIpc) is 3.21. The molecule has 3 fully saturated rings. The van der Waals surface area contributed by atoms with Crippen LogP contribution in [0.3, 0.4) is 0 Å². The van der Waals surface area contributed by atoms with E-state index in [2.05, 4.69) is 10.2 Å². The van der Waals surface area contributed by atoms with E-state index in [1.54, 1.807) is 16.7 Å². The second-order valence-electron chi connectivity index (χ2n) is 7.59. The number of nitrogens with two attached hydrogens (primary N) is 1. The maximum atomic E-state index is 12.7. The van der Waals surface area contributed by atoms with Crippen molar-refractivity contribution < 1.29 is 19.2 Å². The maximum absolute atomic E-state index is 12.7. The zero-order chi connectivity index (χ0) is 19.6. The smallest absolute Gasteiger partial charge is 0.237 e. The Hall–Kier alpha value is -2.00. The van der Waals surface area contributed by atoms with E-state index in [0.717, 1.165) is 26.2 Å². The number of carbonyl (C=O) groups is 4. The lowest BCUT2D eigenvalue weighted by atomic mass is 10.0. The summed E-state index contributed by atoms with van der Waals surface area (Å²) in [7, 11) is 0. The molecule has 0 aromatic heterocycles. The number of piperazine rings is 1. The molecule has 3 atom stereocenters. The normalized spacial score (nSPS) is 26.9. The van der Waals surface area contributed by atoms with Crippen LogP contribution < -0.4 is 11.1 Å². The van der Waals surface area contributed by atoms with Gasteiger partial charge in [0.05, 0.1) is 25.6 Å². The molecule has 3 aliphatic heterocycles. The number of primary amides is 1. The van der Waals surface area contributed by atoms with Crippen LogP contribution in [-0.2, 0) is 19.2 Å². The van der Waals surface area contributed by atoms with Crippen molar-refractivity contribution in [2.24, 2.45) is 11.7 Å². The highest BCUT2D eigenvalue weighted by Gasteiger charge is 2.51. The zero-order valence-corrected chi connectivity index (χ0v) is 15.7. The molecule has 1 radical (unpaired) electrons. The van der Waals surface area contributed by atoms with Gasteiger partial charge in [-0.15, -0.1) is 0 Å². The molecule has 0 aromatic rings. The van der Waals surface area contributed by atoms with Crippen LogP contribution in [-0.4, -0.2) is 96.1 Å². The summed E-state index contributed by atoms with van der Waals surface area (Å²) in [6.07, 6.45) is 2.28. The van der Waals surface area contributed by atoms with Crippen LogP contribution in [0.4, 0.5) is 0 Å². The summed E-state index contributed by atoms with van der Waals surface area (Å²) >= 11 is 0. The van der Waals surface area contributed by atoms with Gasteiger partial charge in [-0.05, 0) is 12.8 Å². The first-order valence-electron chi connectivity index (χ1n) is 9.57. The maximum Gasteiger partial charge on any atom is 0.237 e. The molecule has 3 N–H and O–H groups in total. The Morgan fingerprint density at radius 1 is 1.22 bits per heavy atom. The van der Waals surface area contributed by atoms with Crippen LogP contribution >= 0.6 is 0 Å². The summed E-state index contributed by atoms with van der Waals surface area (Å²) in [6.45, 7) is 5.85. The Bertz CT molecular complexity index is 619. The molecule has 3 aliphatic rings. The van der Waals surface area contributed by atoms with Gasteiger partial charge in [-0.3, -0.25) is 24.1 Å². The largest absolute Gasteiger partial charge is 0.369 e. The lowest BCUT2D eigenvalue weighted by Gasteiger charge is -2.30. The van der Waals surface area contributed by atoms with Gasteiger partial charge >= 0.3 is 0 Å². The molecule has 149 valence electrons. The van der Waals surface area contributed by atoms with Gasteiger partial charge in [0.1, 0.15) is 6.04 Å². The standard InChI is InChI=1S/C18H28N5O4/c1-12(18(19)27)2-3-15(25)22-7-4-13-17(22)14(24)10-23(13)16(26)11-21-8-5-20-6-9-21/h3,12-13,17,20H,2,4-11H2,1H3,(H2,19,27). The summed E-state index contributed by atoms with van der Waals surface area (Å²) in [5.41, 5.74) is 5.22. The summed E-state index contributed by atoms with van der Waals surface area (Å²) in [5, 5.41) is 3.25. The van der Waals surface area contributed by atoms with Gasteiger partial charge in [-0.1, -0.05) is 6.92 Å². The Kier molecular flexibility index (Phi) is 6.11. The Morgan fingerprint density at radius 2 is 1.93 bits per heavy atom. The third-order valence-corrected chi connectivity index (χ3v) is 5.73. The summed E-state index contributed by atoms with van der Waals surface area (Å²) < 4.78 is 0. The van der Waals surface area contributed by atoms with Gasteiger partial charge in [0.15, 0.2) is 5.78 Å². The van der Waals surface area contributed by atoms with Gasteiger partial charge in [0, 0.05) is 38.6 Å². The molecule has 0 aromatic carbocycles. The molecule has 0 saturated carbocycles. The fraction of sp³-hybridized carbons (Fsp3) is 0.722. The van der Waals surface area contributed by atoms with Crippen molar-refractivity contribution in [2.75, 3.05) is 45.8 Å². The number of rotatable bonds is 6. The minimum Gasteiger partial charge on any atom is -0.369 e. The third kappa shape index (κ3) is 4.30. The van der Waals surface area contributed by atoms with E-state index in [4.69, 9.17) is 5.73 Å². The lowest BCUT2D eigenvalue weighted by molar-refractivity contribution is -0.134. The summed E-state index contributed by atoms with van der Waals surface area (Å²) in [4.78, 5) is 54.1. The molecule has 9 nitrogen and oxygen atoms in total. The number of hydrogen-bond donors (Lipinski definition) is 2. The topological polar surface area (TPSA) is 116 Å². The number of fused-ring (bicyclic) bond motifs is 1. The van der Waals surface area contributed by atoms with Crippen molar-refractivity contribution in [3.63, 3.8) is 0 Å². The molecular weight excluding hydrogens is 350 g/mol. The van der Waals surface area contributed by atoms with Gasteiger partial charge in [-0.2, -0.15) is 0 Å². The SMILES string of the molecule is CC(C[CH]C(=O)N1CCC2C1C(=O)CN2C(=O)CN1CCNCC1)C(N)=O. The van der Waals surface area contributed by atoms with Crippen LogP contribution in [0.2, 0.25) is 0 Å². The highest BCUT2D eigenvalue weighted by molar-refractivity contribution is 5.99. The second kappa shape index (κ2) is 8.35. The molecule has 0 spiro atoms. The van der Waals surface area contributed by atoms with Crippen molar-refractivity contribution in [2.45, 2.75) is 31.8 Å². The van der Waals surface area contributed by atoms with E-state index in [-0.39, 0.29) is 36.6 Å². The quantitative estimate of drug-likeness (QED) is 0.552. The number of carbonyl (C=O) groups excluding carboxylic acids is 4. The molecule has 0 bridgehead atoms. The van der Waals surface area contributed by atoms with Crippen LogP contribution in [0.25, 0.3) is 0 Å². The van der Waals surface area contributed by atoms with Crippen molar-refractivity contribution in [3.05, 3.63) is 6.42 Å². The van der Waals surface area contributed by atoms with Crippen LogP contribution in [0.15, 0.2) is 0 Å². The predicted octanol–water partition coefficient (Wildman–Crippen LogP) is -2.01. The van der Waals surface area contributed by atoms with Gasteiger partial charge in [-0.25, -0.2) is 0 Å². The zero-order valence-electron chi connectivity index (χ0n) is 15.7. The molecule has 3 unspecified atom stereocenters. The molecular formula is C18H28N5O4. The van der Waals surface area contributed by atoms with Crippen LogP contribution in [0.5, 0.6) is 0 Å². The monoisotopic (exact) mass is 378 g/mol. The van der Waals surface area contributed by atoms with Gasteiger partial charge in [0.2, 0.25) is 17.7 Å². The summed E-state index contributed by atoms with van der Waals surface area (Å²) in [5.74, 6) is -1.28. The first-order chi connectivity index (χ1) is 12.9. The Balaban J connectivity index is 1.57. The number of likely N-dealkylation sites (tertiary alicyclic amines) is 2. The Labute approximate surface area is 159 Å². The van der Waals surface area contributed by atoms with Crippen molar-refractivity contribution in [3.8, 4) is 0 Å². The highest BCUT2D eigenvalue weighted by Crippen LogP contribution is 2.30. The van der Waals surface area contributed by atoms with Crippen LogP contribution in [0, 0.1) is 12.3 Å². The van der Waals surface area contributed by atoms with E-state index in [9.17, 15) is 19.2 Å². The molecule has 0 aliphatic carbocycles. The molecule has 3 saturated heterocycles. The predicted molar refractivity (Wildman–Crippen MR) is 97.2 cm³/mol. The van der Waals surface area contributed by atoms with E-state index >= 15 is 0 Å². The molecule has 27 heavy (non-hydrogen) atoms. The van der Waals surface area contributed by atoms with Crippen molar-refractivity contribution >= 4 is 23.5 Å². The first kappa shape index (κ1) is 19.8. The minimum absolute atomic E-state index is 0.0432. The number of Topliss-reactive ketones (excluding diaryl/α,β-unsaturated/α-hetero) is 1. The fourth-order valence-electron chi connectivity index (χ4n) is 4.05. The first-order valence-corrected chi connectivity index (χ1v) is 9.57. The molecule has 3 rings (SSSR count). The van der Waals surface area contributed by atoms with Crippen molar-refractivity contribution in [1.82, 2.24) is 20.0 Å². The second-order valence-corrected chi connectivity index (χ2v) is 7.59. The number of nitrogens with zero attached hydrogens (tertiary/aromatic N) is 3. The van der Waals surface area contributed by atoms with E-state index in [1.807, 2.05) is 0 Å². The molecule has 3 heterocycles. The van der Waals surface area contributed by atoms with E-state index in [1.165, 1.54) is 6.42 Å². The van der Waals surface area contributed by atoms with Crippen LogP contribution in [0.1, 0.15) is 19.8 Å². The Morgan fingerprint density at radius 3 is 2.59 bits per heavy atom. The minimum atomic E-state index is -0.565. The number of ketones is 1. The third-order valence-electron chi connectivity index (χ3n) is 5.73. The lowest BCUT2D eigenvalue weighted by Crippen LogP contribution is -2.50. The van der Waals surface area contributed by atoms with Gasteiger partial charge in [0.25, 0.3) is 0 Å². The van der Waals surface area contributed by atoms with E-state index < -0.39 is 17.9 Å². The van der Waals surface area contributed by atoms with Gasteiger partial charge < -0.3 is 20.9 Å². The fourth-order valence-corrected chi connectivity index (χ4v) is 4.05. The number of hydrogen-bond acceptors (Lipinski definition) is 6. The van der Waals surface area contributed by atoms with Crippen molar-refractivity contribution in [1.29, 1.82) is 0 Å². The number of nitrogens with one attached hydrogen (secondary N) is 1. The summed E-state index contributed by atoms with van der Waals surface area (Å²) in [6, 6.07) is -0.802. The van der Waals surface area contributed by atoms with E-state index in [0.29, 0.717) is 19.5 Å². The highest BCUT2D eigenvalue weighted by atomic mass is 16.2. The molecule has 3 amide bonds.